The number of aliphatic hydroxyl groups excluding tert-OH is 1. The van der Waals surface area contributed by atoms with E-state index in [-0.39, 0.29) is 11.5 Å². The van der Waals surface area contributed by atoms with Crippen molar-refractivity contribution in [2.75, 3.05) is 0 Å². The van der Waals surface area contributed by atoms with Crippen LogP contribution in [0.2, 0.25) is 0 Å². The van der Waals surface area contributed by atoms with Crippen molar-refractivity contribution in [1.82, 2.24) is 4.57 Å². The second-order valence-corrected chi connectivity index (χ2v) is 7.09. The number of sulfonamides is 1. The lowest BCUT2D eigenvalue weighted by atomic mass is 10.1. The van der Waals surface area contributed by atoms with E-state index in [1.807, 2.05) is 47.9 Å². The summed E-state index contributed by atoms with van der Waals surface area (Å²) < 4.78 is 25.8. The Labute approximate surface area is 141 Å². The smallest absolute Gasteiger partial charge is 0.238 e. The van der Waals surface area contributed by atoms with Crippen LogP contribution in [0.4, 0.5) is 0 Å². The van der Waals surface area contributed by atoms with Crippen molar-refractivity contribution in [3.8, 4) is 16.9 Å². The van der Waals surface area contributed by atoms with E-state index in [1.165, 1.54) is 6.07 Å². The molecule has 3 rings (SSSR count). The monoisotopic (exact) mass is 342 g/mol. The molecule has 0 bridgehead atoms. The van der Waals surface area contributed by atoms with Crippen molar-refractivity contribution in [2.45, 2.75) is 18.4 Å². The SMILES string of the molecule is Cc1ccc(-c2ccccc2S(N)(=O)=O)n1-c1ccc(CO)cc1. The molecular weight excluding hydrogens is 324 g/mol. The number of aliphatic hydroxyl groups is 1. The Morgan fingerprint density at radius 3 is 2.29 bits per heavy atom. The minimum Gasteiger partial charge on any atom is -0.392 e. The van der Waals surface area contributed by atoms with Crippen molar-refractivity contribution in [3.05, 3.63) is 71.9 Å². The Morgan fingerprint density at radius 2 is 1.67 bits per heavy atom. The van der Waals surface area contributed by atoms with E-state index in [1.54, 1.807) is 18.2 Å². The van der Waals surface area contributed by atoms with E-state index in [0.29, 0.717) is 5.56 Å². The van der Waals surface area contributed by atoms with E-state index in [9.17, 15) is 13.5 Å². The summed E-state index contributed by atoms with van der Waals surface area (Å²) >= 11 is 0. The number of rotatable bonds is 4. The summed E-state index contributed by atoms with van der Waals surface area (Å²) in [5, 5.41) is 14.5. The van der Waals surface area contributed by atoms with Gasteiger partial charge >= 0.3 is 0 Å². The zero-order valence-electron chi connectivity index (χ0n) is 13.2. The second kappa shape index (κ2) is 6.24. The van der Waals surface area contributed by atoms with Crippen molar-refractivity contribution >= 4 is 10.0 Å². The molecule has 0 fully saturated rings. The predicted molar refractivity (Wildman–Crippen MR) is 93.2 cm³/mol. The van der Waals surface area contributed by atoms with Gasteiger partial charge in [-0.3, -0.25) is 0 Å². The predicted octanol–water partition coefficient (Wildman–Crippen LogP) is 2.59. The van der Waals surface area contributed by atoms with E-state index in [0.717, 1.165) is 22.6 Å². The fraction of sp³-hybridized carbons (Fsp3) is 0.111. The van der Waals surface area contributed by atoms with Gasteiger partial charge < -0.3 is 9.67 Å². The van der Waals surface area contributed by atoms with Crippen molar-refractivity contribution in [2.24, 2.45) is 5.14 Å². The van der Waals surface area contributed by atoms with Crippen molar-refractivity contribution in [3.63, 3.8) is 0 Å². The third-order valence-corrected chi connectivity index (χ3v) is 4.89. The fourth-order valence-electron chi connectivity index (χ4n) is 2.77. The molecule has 1 aromatic heterocycles. The van der Waals surface area contributed by atoms with Crippen LogP contribution in [0.3, 0.4) is 0 Å². The largest absolute Gasteiger partial charge is 0.392 e. The van der Waals surface area contributed by atoms with Crippen LogP contribution < -0.4 is 5.14 Å². The molecule has 0 amide bonds. The van der Waals surface area contributed by atoms with Crippen LogP contribution in [0.15, 0.2) is 65.6 Å². The van der Waals surface area contributed by atoms with E-state index in [4.69, 9.17) is 5.14 Å². The van der Waals surface area contributed by atoms with Gasteiger partial charge in [0.1, 0.15) is 0 Å². The fourth-order valence-corrected chi connectivity index (χ4v) is 3.52. The summed E-state index contributed by atoms with van der Waals surface area (Å²) in [4.78, 5) is 0.0938. The van der Waals surface area contributed by atoms with Gasteiger partial charge in [0.25, 0.3) is 0 Å². The molecule has 5 nitrogen and oxygen atoms in total. The normalized spacial score (nSPS) is 11.6. The Kier molecular flexibility index (Phi) is 4.28. The first-order valence-electron chi connectivity index (χ1n) is 7.42. The summed E-state index contributed by atoms with van der Waals surface area (Å²) in [6.45, 7) is 1.93. The van der Waals surface area contributed by atoms with Crippen LogP contribution in [0.5, 0.6) is 0 Å². The van der Waals surface area contributed by atoms with Crippen LogP contribution in [-0.4, -0.2) is 18.1 Å². The van der Waals surface area contributed by atoms with Gasteiger partial charge in [0.15, 0.2) is 0 Å². The third kappa shape index (κ3) is 2.99. The van der Waals surface area contributed by atoms with Gasteiger partial charge in [-0.25, -0.2) is 13.6 Å². The number of hydrogen-bond donors (Lipinski definition) is 2. The molecule has 0 aliphatic rings. The van der Waals surface area contributed by atoms with Crippen molar-refractivity contribution in [1.29, 1.82) is 0 Å². The molecule has 1 heterocycles. The molecule has 124 valence electrons. The van der Waals surface area contributed by atoms with Gasteiger partial charge in [0.05, 0.1) is 17.2 Å². The molecule has 0 aliphatic carbocycles. The van der Waals surface area contributed by atoms with Gasteiger partial charge in [-0.2, -0.15) is 0 Å². The van der Waals surface area contributed by atoms with E-state index >= 15 is 0 Å². The number of benzene rings is 2. The second-order valence-electron chi connectivity index (χ2n) is 5.56. The first-order valence-corrected chi connectivity index (χ1v) is 8.97. The number of nitrogens with two attached hydrogens (primary N) is 1. The van der Waals surface area contributed by atoms with E-state index in [2.05, 4.69) is 0 Å². The zero-order chi connectivity index (χ0) is 17.3. The highest BCUT2D eigenvalue weighted by molar-refractivity contribution is 7.89. The average molecular weight is 342 g/mol. The number of primary sulfonamides is 1. The molecule has 2 aromatic carbocycles. The maximum atomic E-state index is 11.9. The minimum absolute atomic E-state index is 0.0218. The van der Waals surface area contributed by atoms with Gasteiger partial charge in [-0.15, -0.1) is 0 Å². The quantitative estimate of drug-likeness (QED) is 0.764. The molecule has 0 atom stereocenters. The minimum atomic E-state index is -3.83. The summed E-state index contributed by atoms with van der Waals surface area (Å²) in [6.07, 6.45) is 0. The maximum Gasteiger partial charge on any atom is 0.238 e. The van der Waals surface area contributed by atoms with Gasteiger partial charge in [-0.05, 0) is 42.8 Å². The van der Waals surface area contributed by atoms with Gasteiger partial charge in [-0.1, -0.05) is 30.3 Å². The molecule has 0 saturated carbocycles. The maximum absolute atomic E-state index is 11.9. The van der Waals surface area contributed by atoms with Crippen LogP contribution >= 0.6 is 0 Å². The van der Waals surface area contributed by atoms with Gasteiger partial charge in [0.2, 0.25) is 10.0 Å². The van der Waals surface area contributed by atoms with Crippen LogP contribution in [0.25, 0.3) is 16.9 Å². The lowest BCUT2D eigenvalue weighted by Gasteiger charge is -2.14. The lowest BCUT2D eigenvalue weighted by Crippen LogP contribution is -2.14. The molecule has 0 aliphatic heterocycles. The molecule has 0 spiro atoms. The standard InChI is InChI=1S/C18H18N2O3S/c1-13-6-11-17(16-4-2-3-5-18(16)24(19,22)23)20(13)15-9-7-14(12-21)8-10-15/h2-11,21H,12H2,1H3,(H2,19,22,23). The zero-order valence-corrected chi connectivity index (χ0v) is 14.0. The highest BCUT2D eigenvalue weighted by atomic mass is 32.2. The molecule has 3 aromatic rings. The first-order chi connectivity index (χ1) is 11.4. The molecule has 24 heavy (non-hydrogen) atoms. The Balaban J connectivity index is 2.22. The molecule has 0 unspecified atom stereocenters. The van der Waals surface area contributed by atoms with Crippen LogP contribution in [0, 0.1) is 6.92 Å². The molecule has 0 radical (unpaired) electrons. The summed E-state index contributed by atoms with van der Waals surface area (Å²) in [5.74, 6) is 0. The summed E-state index contributed by atoms with van der Waals surface area (Å²) in [6, 6.07) is 17.9. The van der Waals surface area contributed by atoms with E-state index < -0.39 is 10.0 Å². The number of hydrogen-bond acceptors (Lipinski definition) is 3. The summed E-state index contributed by atoms with van der Waals surface area (Å²) in [7, 11) is -3.83. The number of aromatic nitrogens is 1. The number of aryl methyl sites for hydroxylation is 1. The van der Waals surface area contributed by atoms with Crippen LogP contribution in [0.1, 0.15) is 11.3 Å². The Hall–Kier alpha value is -2.41. The average Bonchev–Trinajstić information content (AvgIpc) is 2.95. The molecular formula is C18H18N2O3S. The lowest BCUT2D eigenvalue weighted by molar-refractivity contribution is 0.282. The Morgan fingerprint density at radius 1 is 1.00 bits per heavy atom. The molecule has 6 heteroatoms. The van der Waals surface area contributed by atoms with Crippen LogP contribution in [-0.2, 0) is 16.6 Å². The van der Waals surface area contributed by atoms with Crippen molar-refractivity contribution < 1.29 is 13.5 Å². The summed E-state index contributed by atoms with van der Waals surface area (Å²) in [5.41, 5.74) is 3.96. The first kappa shape index (κ1) is 16.4. The molecule has 0 saturated heterocycles. The molecule has 3 N–H and O–H groups in total. The van der Waals surface area contributed by atoms with Gasteiger partial charge in [0, 0.05) is 16.9 Å². The topological polar surface area (TPSA) is 85.3 Å². The highest BCUT2D eigenvalue weighted by Gasteiger charge is 2.18. The number of nitrogens with zero attached hydrogens (tertiary/aromatic N) is 1. The Bertz CT molecular complexity index is 974. The third-order valence-electron chi connectivity index (χ3n) is 3.92. The highest BCUT2D eigenvalue weighted by Crippen LogP contribution is 2.31.